The quantitative estimate of drug-likeness (QED) is 0.713. The van der Waals surface area contributed by atoms with Crippen molar-refractivity contribution in [2.75, 3.05) is 14.2 Å². The molecular weight excluding hydrogens is 230 g/mol. The Hall–Kier alpha value is -0.610. The number of hydrogen-bond donors (Lipinski definition) is 1. The lowest BCUT2D eigenvalue weighted by Gasteiger charge is -2.30. The third-order valence-corrected chi connectivity index (χ3v) is 3.08. The molecule has 0 aromatic rings. The molecular formula is C14H29NO3. The van der Waals surface area contributed by atoms with Crippen molar-refractivity contribution in [3.63, 3.8) is 0 Å². The van der Waals surface area contributed by atoms with Crippen LogP contribution < -0.4 is 5.32 Å². The summed E-state index contributed by atoms with van der Waals surface area (Å²) in [4.78, 5) is 11.8. The zero-order chi connectivity index (χ0) is 14.3. The molecule has 0 aliphatic rings. The Bertz CT molecular complexity index is 248. The van der Waals surface area contributed by atoms with Gasteiger partial charge in [0.1, 0.15) is 5.60 Å². The summed E-state index contributed by atoms with van der Waals surface area (Å²) in [6.45, 7) is 9.91. The van der Waals surface area contributed by atoms with E-state index in [0.717, 1.165) is 6.42 Å². The minimum atomic E-state index is -0.444. The maximum absolute atomic E-state index is 11.8. The lowest BCUT2D eigenvalue weighted by molar-refractivity contribution is -0.158. The maximum atomic E-state index is 11.8. The van der Waals surface area contributed by atoms with E-state index in [1.54, 1.807) is 7.11 Å². The smallest absolute Gasteiger partial charge is 0.309 e. The van der Waals surface area contributed by atoms with E-state index >= 15 is 0 Å². The molecule has 0 aliphatic heterocycles. The van der Waals surface area contributed by atoms with E-state index in [4.69, 9.17) is 9.47 Å². The first kappa shape index (κ1) is 17.4. The van der Waals surface area contributed by atoms with Crippen LogP contribution in [0.1, 0.15) is 47.5 Å². The first-order valence-corrected chi connectivity index (χ1v) is 6.67. The number of hydrogen-bond acceptors (Lipinski definition) is 4. The van der Waals surface area contributed by atoms with Crippen LogP contribution >= 0.6 is 0 Å². The molecule has 18 heavy (non-hydrogen) atoms. The van der Waals surface area contributed by atoms with E-state index < -0.39 is 5.60 Å². The van der Waals surface area contributed by atoms with Crippen molar-refractivity contribution in [2.24, 2.45) is 5.92 Å². The molecule has 0 heterocycles. The molecule has 0 aromatic heterocycles. The van der Waals surface area contributed by atoms with E-state index in [0.29, 0.717) is 5.92 Å². The molecule has 0 spiro atoms. The highest BCUT2D eigenvalue weighted by Crippen LogP contribution is 2.18. The number of likely N-dealkylation sites (N-methyl/N-ethyl adjacent to an activating group) is 1. The van der Waals surface area contributed by atoms with Gasteiger partial charge in [-0.05, 0) is 33.7 Å². The number of carbonyl (C=O) groups excluding carboxylic acids is 1. The number of ether oxygens (including phenoxy) is 2. The Labute approximate surface area is 111 Å². The van der Waals surface area contributed by atoms with Crippen molar-refractivity contribution in [3.05, 3.63) is 0 Å². The second-order valence-electron chi connectivity index (χ2n) is 5.76. The van der Waals surface area contributed by atoms with Crippen LogP contribution in [0.15, 0.2) is 0 Å². The summed E-state index contributed by atoms with van der Waals surface area (Å²) >= 11 is 0. The van der Waals surface area contributed by atoms with Gasteiger partial charge in [-0.15, -0.1) is 0 Å². The molecule has 0 unspecified atom stereocenters. The van der Waals surface area contributed by atoms with Gasteiger partial charge in [-0.25, -0.2) is 0 Å². The van der Waals surface area contributed by atoms with Crippen LogP contribution in [0.2, 0.25) is 0 Å². The van der Waals surface area contributed by atoms with Gasteiger partial charge in [-0.3, -0.25) is 4.79 Å². The Morgan fingerprint density at radius 3 is 2.22 bits per heavy atom. The van der Waals surface area contributed by atoms with Gasteiger partial charge in [0.25, 0.3) is 0 Å². The fourth-order valence-corrected chi connectivity index (χ4v) is 2.00. The molecule has 0 saturated heterocycles. The predicted octanol–water partition coefficient (Wildman–Crippen LogP) is 2.37. The first-order chi connectivity index (χ1) is 8.25. The van der Waals surface area contributed by atoms with Crippen LogP contribution in [0.3, 0.4) is 0 Å². The van der Waals surface area contributed by atoms with Crippen LogP contribution in [0.25, 0.3) is 0 Å². The van der Waals surface area contributed by atoms with Crippen LogP contribution in [0, 0.1) is 5.92 Å². The molecule has 0 fully saturated rings. The van der Waals surface area contributed by atoms with Crippen molar-refractivity contribution in [1.29, 1.82) is 0 Å². The zero-order valence-corrected chi connectivity index (χ0v) is 12.9. The molecule has 1 N–H and O–H groups in total. The van der Waals surface area contributed by atoms with Crippen molar-refractivity contribution in [2.45, 2.75) is 65.2 Å². The standard InChI is InChI=1S/C14H29NO3/c1-8-10(2)13(15-6)11(17-7)9-12(16)18-14(3,4)5/h10-11,13,15H,8-9H2,1-7H3/t10-,11-,13+/m1/s1. The van der Waals surface area contributed by atoms with Crippen molar-refractivity contribution in [3.8, 4) is 0 Å². The Balaban J connectivity index is 4.53. The van der Waals surface area contributed by atoms with Gasteiger partial charge in [0.15, 0.2) is 0 Å². The number of methoxy groups -OCH3 is 1. The molecule has 108 valence electrons. The fourth-order valence-electron chi connectivity index (χ4n) is 2.00. The van der Waals surface area contributed by atoms with Crippen molar-refractivity contribution >= 4 is 5.97 Å². The van der Waals surface area contributed by atoms with Gasteiger partial charge in [0.05, 0.1) is 12.5 Å². The molecule has 0 aliphatic carbocycles. The average Bonchev–Trinajstić information content (AvgIpc) is 2.25. The second kappa shape index (κ2) is 7.74. The normalized spacial score (nSPS) is 17.1. The molecule has 0 amide bonds. The van der Waals surface area contributed by atoms with Gasteiger partial charge in [-0.2, -0.15) is 0 Å². The van der Waals surface area contributed by atoms with E-state index in [9.17, 15) is 4.79 Å². The van der Waals surface area contributed by atoms with Gasteiger partial charge in [-0.1, -0.05) is 20.3 Å². The summed E-state index contributed by atoms with van der Waals surface area (Å²) in [5.41, 5.74) is -0.444. The molecule has 0 aromatic carbocycles. The topological polar surface area (TPSA) is 47.6 Å². The lowest BCUT2D eigenvalue weighted by atomic mass is 9.92. The minimum absolute atomic E-state index is 0.153. The van der Waals surface area contributed by atoms with Gasteiger partial charge < -0.3 is 14.8 Å². The summed E-state index contributed by atoms with van der Waals surface area (Å²) in [6.07, 6.45) is 1.17. The fraction of sp³-hybridized carbons (Fsp3) is 0.929. The second-order valence-corrected chi connectivity index (χ2v) is 5.76. The van der Waals surface area contributed by atoms with E-state index in [2.05, 4.69) is 19.2 Å². The average molecular weight is 259 g/mol. The van der Waals surface area contributed by atoms with E-state index in [1.165, 1.54) is 0 Å². The largest absolute Gasteiger partial charge is 0.460 e. The number of rotatable bonds is 7. The summed E-state index contributed by atoms with van der Waals surface area (Å²) in [5, 5.41) is 3.24. The summed E-state index contributed by atoms with van der Waals surface area (Å²) in [6, 6.07) is 0.160. The van der Waals surface area contributed by atoms with E-state index in [1.807, 2.05) is 27.8 Å². The number of esters is 1. The van der Waals surface area contributed by atoms with Gasteiger partial charge in [0, 0.05) is 13.2 Å². The summed E-state index contributed by atoms with van der Waals surface area (Å²) in [7, 11) is 3.54. The molecule has 0 bridgehead atoms. The third kappa shape index (κ3) is 6.36. The Kier molecular flexibility index (Phi) is 7.48. The third-order valence-electron chi connectivity index (χ3n) is 3.08. The van der Waals surface area contributed by atoms with Crippen molar-refractivity contribution in [1.82, 2.24) is 5.32 Å². The highest BCUT2D eigenvalue weighted by atomic mass is 16.6. The predicted molar refractivity (Wildman–Crippen MR) is 73.6 cm³/mol. The molecule has 4 nitrogen and oxygen atoms in total. The molecule has 3 atom stereocenters. The first-order valence-electron chi connectivity index (χ1n) is 6.67. The van der Waals surface area contributed by atoms with E-state index in [-0.39, 0.29) is 24.5 Å². The highest BCUT2D eigenvalue weighted by Gasteiger charge is 2.28. The molecule has 0 saturated carbocycles. The number of carbonyl (C=O) groups is 1. The molecule has 0 radical (unpaired) electrons. The van der Waals surface area contributed by atoms with Crippen molar-refractivity contribution < 1.29 is 14.3 Å². The lowest BCUT2D eigenvalue weighted by Crippen LogP contribution is -2.45. The maximum Gasteiger partial charge on any atom is 0.309 e. The Morgan fingerprint density at radius 1 is 1.33 bits per heavy atom. The monoisotopic (exact) mass is 259 g/mol. The van der Waals surface area contributed by atoms with Crippen LogP contribution in [0.4, 0.5) is 0 Å². The minimum Gasteiger partial charge on any atom is -0.460 e. The van der Waals surface area contributed by atoms with Crippen LogP contribution in [-0.2, 0) is 14.3 Å². The molecule has 0 rings (SSSR count). The number of nitrogens with one attached hydrogen (secondary N) is 1. The molecule has 4 heteroatoms. The Morgan fingerprint density at radius 2 is 1.89 bits per heavy atom. The zero-order valence-electron chi connectivity index (χ0n) is 12.9. The summed E-state index contributed by atoms with van der Waals surface area (Å²) < 4.78 is 10.8. The SMILES string of the molecule is CC[C@@H](C)[C@H](NC)[C@@H](CC(=O)OC(C)(C)C)OC. The van der Waals surface area contributed by atoms with Crippen LogP contribution in [-0.4, -0.2) is 37.9 Å². The van der Waals surface area contributed by atoms with Crippen LogP contribution in [0.5, 0.6) is 0 Å². The summed E-state index contributed by atoms with van der Waals surface area (Å²) in [5.74, 6) is 0.236. The van der Waals surface area contributed by atoms with Gasteiger partial charge >= 0.3 is 5.97 Å². The highest BCUT2D eigenvalue weighted by molar-refractivity contribution is 5.70. The van der Waals surface area contributed by atoms with Gasteiger partial charge in [0.2, 0.25) is 0 Å².